The topological polar surface area (TPSA) is 90.1 Å². The molecule has 0 saturated heterocycles. The number of aromatic nitrogens is 2. The lowest BCUT2D eigenvalue weighted by atomic mass is 10.3. The summed E-state index contributed by atoms with van der Waals surface area (Å²) in [5, 5.41) is 12.5. The highest BCUT2D eigenvalue weighted by Gasteiger charge is 2.13. The van der Waals surface area contributed by atoms with Gasteiger partial charge in [-0.2, -0.15) is 0 Å². The van der Waals surface area contributed by atoms with Crippen molar-refractivity contribution in [3.8, 4) is 16.3 Å². The van der Waals surface area contributed by atoms with E-state index in [0.29, 0.717) is 22.9 Å². The molecule has 0 spiro atoms. The van der Waals surface area contributed by atoms with E-state index in [9.17, 15) is 4.21 Å². The molecule has 25 heavy (non-hydrogen) atoms. The van der Waals surface area contributed by atoms with Crippen LogP contribution in [-0.2, 0) is 11.0 Å². The van der Waals surface area contributed by atoms with Crippen molar-refractivity contribution in [3.63, 3.8) is 0 Å². The summed E-state index contributed by atoms with van der Waals surface area (Å²) >= 11 is 3.12. The van der Waals surface area contributed by atoms with Gasteiger partial charge in [0.1, 0.15) is 16.7 Å². The number of rotatable bonds is 6. The van der Waals surface area contributed by atoms with Crippen LogP contribution in [0.2, 0.25) is 0 Å². The summed E-state index contributed by atoms with van der Waals surface area (Å²) in [6.07, 6.45) is 0. The Morgan fingerprint density at radius 3 is 2.76 bits per heavy atom. The molecule has 0 radical (unpaired) electrons. The van der Waals surface area contributed by atoms with Crippen molar-refractivity contribution in [1.82, 2.24) is 9.97 Å². The molecule has 1 unspecified atom stereocenters. The Morgan fingerprint density at radius 2 is 2.12 bits per heavy atom. The Balaban J connectivity index is 1.91. The number of hydrogen-bond acceptors (Lipinski definition) is 7. The molecule has 0 aliphatic carbocycles. The first-order valence-electron chi connectivity index (χ1n) is 7.58. The highest BCUT2D eigenvalue weighted by atomic mass is 32.2. The zero-order valence-electron chi connectivity index (χ0n) is 14.0. The number of ether oxygens (including phenoxy) is 1. The third-order valence-electron chi connectivity index (χ3n) is 3.37. The minimum Gasteiger partial charge on any atom is -0.492 e. The predicted octanol–water partition coefficient (Wildman–Crippen LogP) is 4.01. The maximum Gasteiger partial charge on any atom is 0.187 e. The second-order valence-corrected chi connectivity index (χ2v) is 8.33. The minimum absolute atomic E-state index is 0.525. The van der Waals surface area contributed by atoms with Crippen LogP contribution in [0, 0.1) is 13.8 Å². The zero-order valence-corrected chi connectivity index (χ0v) is 16.5. The number of benzene rings is 1. The predicted molar refractivity (Wildman–Crippen MR) is 104 cm³/mol. The summed E-state index contributed by atoms with van der Waals surface area (Å²) in [5.41, 5.74) is 2.57. The van der Waals surface area contributed by atoms with E-state index < -0.39 is 11.0 Å². The molecule has 0 aliphatic rings. The molecule has 0 saturated carbocycles. The van der Waals surface area contributed by atoms with Gasteiger partial charge in [0, 0.05) is 5.38 Å². The standard InChI is InChI=1S/C16H18N4O2S3/c1-4-22-14-6-5-11(25(17)21)7-12(14)19-16-20-13(8-23-16)15-9(2)18-10(3)24-15/h5-8H,4,17H2,1-3H3,(H,19,20). The van der Waals surface area contributed by atoms with Crippen molar-refractivity contribution in [2.24, 2.45) is 5.14 Å². The monoisotopic (exact) mass is 394 g/mol. The molecule has 3 N–H and O–H groups in total. The molecule has 3 aromatic rings. The molecular formula is C16H18N4O2S3. The molecule has 2 aromatic heterocycles. The van der Waals surface area contributed by atoms with E-state index in [2.05, 4.69) is 15.3 Å². The van der Waals surface area contributed by atoms with Crippen LogP contribution < -0.4 is 15.2 Å². The first-order valence-corrected chi connectivity index (χ1v) is 10.5. The highest BCUT2D eigenvalue weighted by molar-refractivity contribution is 7.82. The van der Waals surface area contributed by atoms with Crippen LogP contribution in [0.15, 0.2) is 28.5 Å². The molecule has 6 nitrogen and oxygen atoms in total. The van der Waals surface area contributed by atoms with Crippen molar-refractivity contribution in [3.05, 3.63) is 34.3 Å². The number of nitrogens with one attached hydrogen (secondary N) is 1. The Kier molecular flexibility index (Phi) is 5.48. The average Bonchev–Trinajstić information content (AvgIpc) is 3.15. The van der Waals surface area contributed by atoms with E-state index in [4.69, 9.17) is 9.88 Å². The van der Waals surface area contributed by atoms with Crippen LogP contribution in [0.1, 0.15) is 17.6 Å². The smallest absolute Gasteiger partial charge is 0.187 e. The highest BCUT2D eigenvalue weighted by Crippen LogP contribution is 2.35. The molecule has 1 atom stereocenters. The van der Waals surface area contributed by atoms with Crippen molar-refractivity contribution in [2.45, 2.75) is 25.7 Å². The van der Waals surface area contributed by atoms with E-state index in [-0.39, 0.29) is 0 Å². The molecule has 1 aromatic carbocycles. The molecule has 132 valence electrons. The Bertz CT molecular complexity index is 920. The van der Waals surface area contributed by atoms with Gasteiger partial charge in [-0.15, -0.1) is 22.7 Å². The first kappa shape index (κ1) is 18.0. The third kappa shape index (κ3) is 4.06. The van der Waals surface area contributed by atoms with E-state index in [0.717, 1.165) is 26.4 Å². The van der Waals surface area contributed by atoms with Crippen LogP contribution in [-0.4, -0.2) is 20.8 Å². The van der Waals surface area contributed by atoms with Crippen LogP contribution in [0.4, 0.5) is 10.8 Å². The first-order chi connectivity index (χ1) is 12.0. The lowest BCUT2D eigenvalue weighted by Gasteiger charge is -2.11. The maximum atomic E-state index is 11.5. The number of nitrogens with two attached hydrogens (primary N) is 1. The van der Waals surface area contributed by atoms with Crippen LogP contribution in [0.5, 0.6) is 5.75 Å². The molecule has 3 rings (SSSR count). The number of anilines is 2. The minimum atomic E-state index is -1.55. The molecule has 0 fully saturated rings. The summed E-state index contributed by atoms with van der Waals surface area (Å²) in [7, 11) is -1.55. The quantitative estimate of drug-likeness (QED) is 0.659. The fourth-order valence-corrected chi connectivity index (χ4v) is 4.44. The van der Waals surface area contributed by atoms with Crippen LogP contribution in [0.25, 0.3) is 10.6 Å². The Labute approximate surface area is 156 Å². The van der Waals surface area contributed by atoms with Crippen molar-refractivity contribution >= 4 is 44.5 Å². The van der Waals surface area contributed by atoms with Gasteiger partial charge in [0.25, 0.3) is 0 Å². The fraction of sp³-hybridized carbons (Fsp3) is 0.250. The zero-order chi connectivity index (χ0) is 18.0. The van der Waals surface area contributed by atoms with Crippen LogP contribution >= 0.6 is 22.7 Å². The number of thiazole rings is 2. The molecular weight excluding hydrogens is 376 g/mol. The van der Waals surface area contributed by atoms with E-state index in [1.807, 2.05) is 26.2 Å². The number of aryl methyl sites for hydroxylation is 2. The molecule has 2 heterocycles. The largest absolute Gasteiger partial charge is 0.492 e. The van der Waals surface area contributed by atoms with Gasteiger partial charge >= 0.3 is 0 Å². The second kappa shape index (κ2) is 7.61. The Hall–Kier alpha value is -1.81. The van der Waals surface area contributed by atoms with Gasteiger partial charge in [0.2, 0.25) is 0 Å². The molecule has 0 aliphatic heterocycles. The second-order valence-electron chi connectivity index (χ2n) is 5.20. The normalized spacial score (nSPS) is 12.2. The van der Waals surface area contributed by atoms with Gasteiger partial charge in [0.05, 0.1) is 38.5 Å². The van der Waals surface area contributed by atoms with Crippen molar-refractivity contribution in [1.29, 1.82) is 0 Å². The van der Waals surface area contributed by atoms with E-state index in [1.165, 1.54) is 11.3 Å². The number of nitrogens with zero attached hydrogens (tertiary/aromatic N) is 2. The molecule has 0 amide bonds. The van der Waals surface area contributed by atoms with Gasteiger partial charge in [-0.3, -0.25) is 0 Å². The van der Waals surface area contributed by atoms with Gasteiger partial charge < -0.3 is 10.1 Å². The van der Waals surface area contributed by atoms with E-state index in [1.54, 1.807) is 29.5 Å². The average molecular weight is 395 g/mol. The molecule has 9 heteroatoms. The van der Waals surface area contributed by atoms with Crippen molar-refractivity contribution < 1.29 is 8.95 Å². The molecule has 0 bridgehead atoms. The Morgan fingerprint density at radius 1 is 1.32 bits per heavy atom. The third-order valence-corrected chi connectivity index (χ3v) is 5.94. The lowest BCUT2D eigenvalue weighted by molar-refractivity contribution is 0.342. The fourth-order valence-electron chi connectivity index (χ4n) is 2.33. The summed E-state index contributed by atoms with van der Waals surface area (Å²) in [6, 6.07) is 5.18. The van der Waals surface area contributed by atoms with Crippen LogP contribution in [0.3, 0.4) is 0 Å². The summed E-state index contributed by atoms with van der Waals surface area (Å²) in [4.78, 5) is 10.7. The van der Waals surface area contributed by atoms with Crippen molar-refractivity contribution in [2.75, 3.05) is 11.9 Å². The van der Waals surface area contributed by atoms with Gasteiger partial charge in [0.15, 0.2) is 5.13 Å². The van der Waals surface area contributed by atoms with E-state index >= 15 is 0 Å². The summed E-state index contributed by atoms with van der Waals surface area (Å²) < 4.78 is 17.2. The van der Waals surface area contributed by atoms with Gasteiger partial charge in [-0.05, 0) is 39.0 Å². The summed E-state index contributed by atoms with van der Waals surface area (Å²) in [5.74, 6) is 0.665. The lowest BCUT2D eigenvalue weighted by Crippen LogP contribution is -2.04. The maximum absolute atomic E-state index is 11.5. The van der Waals surface area contributed by atoms with Gasteiger partial charge in [-0.25, -0.2) is 19.3 Å². The number of hydrogen-bond donors (Lipinski definition) is 2. The summed E-state index contributed by atoms with van der Waals surface area (Å²) in [6.45, 7) is 6.41. The van der Waals surface area contributed by atoms with Gasteiger partial charge in [-0.1, -0.05) is 0 Å². The SMILES string of the molecule is CCOc1ccc(S(N)=O)cc1Nc1nc(-c2sc(C)nc2C)cs1.